The lowest BCUT2D eigenvalue weighted by Crippen LogP contribution is -1.97. The summed E-state index contributed by atoms with van der Waals surface area (Å²) >= 11 is 3.40. The van der Waals surface area contributed by atoms with Crippen molar-refractivity contribution in [2.45, 2.75) is 13.5 Å². The van der Waals surface area contributed by atoms with Crippen LogP contribution in [0.2, 0.25) is 0 Å². The van der Waals surface area contributed by atoms with E-state index in [2.05, 4.69) is 26.1 Å². The van der Waals surface area contributed by atoms with Gasteiger partial charge < -0.3 is 9.26 Å². The summed E-state index contributed by atoms with van der Waals surface area (Å²) in [6, 6.07) is 15.6. The third kappa shape index (κ3) is 3.31. The maximum Gasteiger partial charge on any atom is 0.264 e. The summed E-state index contributed by atoms with van der Waals surface area (Å²) < 4.78 is 11.9. The van der Waals surface area contributed by atoms with Crippen LogP contribution in [0.3, 0.4) is 0 Å². The minimum atomic E-state index is 0.258. The van der Waals surface area contributed by atoms with Crippen molar-refractivity contribution in [3.05, 3.63) is 64.5 Å². The summed E-state index contributed by atoms with van der Waals surface area (Å²) in [5, 5.41) is 3.97. The highest BCUT2D eigenvalue weighted by atomic mass is 79.9. The molecular weight excluding hydrogens is 332 g/mol. The lowest BCUT2D eigenvalue weighted by molar-refractivity contribution is 0.242. The fraction of sp³-hybridized carbons (Fsp3) is 0.125. The second kappa shape index (κ2) is 6.10. The summed E-state index contributed by atoms with van der Waals surface area (Å²) in [6.45, 7) is 2.25. The first kappa shape index (κ1) is 13.8. The molecule has 0 fully saturated rings. The van der Waals surface area contributed by atoms with Gasteiger partial charge in [0.05, 0.1) is 0 Å². The molecule has 3 aromatic rings. The first-order valence-electron chi connectivity index (χ1n) is 6.49. The Balaban J connectivity index is 1.71. The van der Waals surface area contributed by atoms with Gasteiger partial charge in [-0.3, -0.25) is 0 Å². The zero-order chi connectivity index (χ0) is 14.7. The highest BCUT2D eigenvalue weighted by Gasteiger charge is 2.09. The maximum atomic E-state index is 5.69. The number of hydrogen-bond donors (Lipinski definition) is 0. The van der Waals surface area contributed by atoms with E-state index in [1.807, 2.05) is 55.5 Å². The van der Waals surface area contributed by atoms with E-state index in [9.17, 15) is 0 Å². The molecule has 0 N–H and O–H groups in total. The predicted molar refractivity (Wildman–Crippen MR) is 82.9 cm³/mol. The van der Waals surface area contributed by atoms with Crippen molar-refractivity contribution in [1.29, 1.82) is 0 Å². The molecule has 106 valence electrons. The Hall–Kier alpha value is -2.14. The molecule has 4 nitrogen and oxygen atoms in total. The normalized spacial score (nSPS) is 10.6. The van der Waals surface area contributed by atoms with Gasteiger partial charge in [-0.2, -0.15) is 4.98 Å². The topological polar surface area (TPSA) is 48.2 Å². The second-order valence-corrected chi connectivity index (χ2v) is 5.49. The van der Waals surface area contributed by atoms with Crippen LogP contribution in [-0.4, -0.2) is 10.1 Å². The van der Waals surface area contributed by atoms with Gasteiger partial charge in [0.2, 0.25) is 5.82 Å². The van der Waals surface area contributed by atoms with Gasteiger partial charge >= 0.3 is 0 Å². The van der Waals surface area contributed by atoms with E-state index < -0.39 is 0 Å². The molecule has 0 bridgehead atoms. The van der Waals surface area contributed by atoms with Crippen LogP contribution in [-0.2, 0) is 6.61 Å². The van der Waals surface area contributed by atoms with Crippen LogP contribution in [0.1, 0.15) is 11.5 Å². The number of rotatable bonds is 4. The molecule has 5 heteroatoms. The lowest BCUT2D eigenvalue weighted by atomic mass is 10.2. The van der Waals surface area contributed by atoms with Crippen LogP contribution in [0.5, 0.6) is 5.75 Å². The van der Waals surface area contributed by atoms with Gasteiger partial charge in [-0.25, -0.2) is 0 Å². The number of aromatic nitrogens is 2. The Labute approximate surface area is 130 Å². The summed E-state index contributed by atoms with van der Waals surface area (Å²) in [5.74, 6) is 1.84. The largest absolute Gasteiger partial charge is 0.483 e. The Kier molecular flexibility index (Phi) is 4.01. The monoisotopic (exact) mass is 344 g/mol. The number of benzene rings is 2. The fourth-order valence-electron chi connectivity index (χ4n) is 1.89. The summed E-state index contributed by atoms with van der Waals surface area (Å²) in [6.07, 6.45) is 0. The number of nitrogens with zero attached hydrogens (tertiary/aromatic N) is 2. The Bertz CT molecular complexity index is 738. The van der Waals surface area contributed by atoms with E-state index in [1.165, 1.54) is 0 Å². The number of halogens is 1. The molecule has 0 aliphatic carbocycles. The number of hydrogen-bond acceptors (Lipinski definition) is 4. The molecule has 2 aromatic carbocycles. The van der Waals surface area contributed by atoms with Crippen LogP contribution in [0.4, 0.5) is 0 Å². The third-order valence-corrected chi connectivity index (χ3v) is 3.54. The van der Waals surface area contributed by atoms with Crippen molar-refractivity contribution in [3.63, 3.8) is 0 Å². The molecule has 0 aliphatic rings. The van der Waals surface area contributed by atoms with Crippen LogP contribution in [0, 0.1) is 6.92 Å². The van der Waals surface area contributed by atoms with Gasteiger partial charge in [0.15, 0.2) is 6.61 Å². The van der Waals surface area contributed by atoms with Gasteiger partial charge in [-0.05, 0) is 42.8 Å². The van der Waals surface area contributed by atoms with Gasteiger partial charge in [-0.15, -0.1) is 0 Å². The molecule has 21 heavy (non-hydrogen) atoms. The molecule has 0 amide bonds. The van der Waals surface area contributed by atoms with Crippen molar-refractivity contribution >= 4 is 15.9 Å². The number of aryl methyl sites for hydroxylation is 1. The Morgan fingerprint density at radius 2 is 1.86 bits per heavy atom. The highest BCUT2D eigenvalue weighted by molar-refractivity contribution is 9.10. The van der Waals surface area contributed by atoms with Crippen LogP contribution >= 0.6 is 15.9 Å². The van der Waals surface area contributed by atoms with Crippen LogP contribution < -0.4 is 4.74 Å². The fourth-order valence-corrected chi connectivity index (χ4v) is 2.15. The van der Waals surface area contributed by atoms with E-state index in [-0.39, 0.29) is 6.61 Å². The lowest BCUT2D eigenvalue weighted by Gasteiger charge is -2.05. The van der Waals surface area contributed by atoms with Crippen molar-refractivity contribution in [3.8, 4) is 17.1 Å². The Morgan fingerprint density at radius 3 is 2.62 bits per heavy atom. The molecule has 1 aromatic heterocycles. The molecule has 1 heterocycles. The second-order valence-electron chi connectivity index (χ2n) is 4.57. The minimum absolute atomic E-state index is 0.258. The minimum Gasteiger partial charge on any atom is -0.483 e. The van der Waals surface area contributed by atoms with Crippen molar-refractivity contribution < 1.29 is 9.26 Å². The molecule has 0 atom stereocenters. The standard InChI is InChI=1S/C16H13BrN2O2/c1-11-4-2-3-5-14(11)20-10-15-18-16(19-21-15)12-6-8-13(17)9-7-12/h2-9H,10H2,1H3. The van der Waals surface area contributed by atoms with Crippen molar-refractivity contribution in [2.24, 2.45) is 0 Å². The van der Waals surface area contributed by atoms with Crippen molar-refractivity contribution in [2.75, 3.05) is 0 Å². The van der Waals surface area contributed by atoms with Gasteiger partial charge in [0.1, 0.15) is 5.75 Å². The number of ether oxygens (including phenoxy) is 1. The Morgan fingerprint density at radius 1 is 1.10 bits per heavy atom. The van der Waals surface area contributed by atoms with Crippen LogP contribution in [0.15, 0.2) is 57.5 Å². The SMILES string of the molecule is Cc1ccccc1OCc1nc(-c2ccc(Br)cc2)no1. The van der Waals surface area contributed by atoms with E-state index in [0.29, 0.717) is 11.7 Å². The highest BCUT2D eigenvalue weighted by Crippen LogP contribution is 2.20. The zero-order valence-electron chi connectivity index (χ0n) is 11.4. The molecule has 0 aliphatic heterocycles. The summed E-state index contributed by atoms with van der Waals surface area (Å²) in [5.41, 5.74) is 1.98. The van der Waals surface area contributed by atoms with E-state index >= 15 is 0 Å². The predicted octanol–water partition coefficient (Wildman–Crippen LogP) is 4.39. The van der Waals surface area contributed by atoms with Gasteiger partial charge in [0.25, 0.3) is 5.89 Å². The zero-order valence-corrected chi connectivity index (χ0v) is 13.0. The average molecular weight is 345 g/mol. The van der Waals surface area contributed by atoms with Gasteiger partial charge in [0, 0.05) is 10.0 Å². The molecule has 0 unspecified atom stereocenters. The van der Waals surface area contributed by atoms with Gasteiger partial charge in [-0.1, -0.05) is 39.3 Å². The first-order valence-corrected chi connectivity index (χ1v) is 7.28. The molecule has 0 radical (unpaired) electrons. The summed E-state index contributed by atoms with van der Waals surface area (Å²) in [4.78, 5) is 4.34. The van der Waals surface area contributed by atoms with E-state index in [4.69, 9.17) is 9.26 Å². The maximum absolute atomic E-state index is 5.69. The third-order valence-electron chi connectivity index (χ3n) is 3.02. The average Bonchev–Trinajstić information content (AvgIpc) is 2.96. The molecule has 0 saturated carbocycles. The summed E-state index contributed by atoms with van der Waals surface area (Å²) in [7, 11) is 0. The van der Waals surface area contributed by atoms with Crippen LogP contribution in [0.25, 0.3) is 11.4 Å². The molecule has 0 saturated heterocycles. The number of para-hydroxylation sites is 1. The molecule has 0 spiro atoms. The smallest absolute Gasteiger partial charge is 0.264 e. The first-order chi connectivity index (χ1) is 10.2. The van der Waals surface area contributed by atoms with Crippen molar-refractivity contribution in [1.82, 2.24) is 10.1 Å². The molecular formula is C16H13BrN2O2. The van der Waals surface area contributed by atoms with E-state index in [1.54, 1.807) is 0 Å². The van der Waals surface area contributed by atoms with E-state index in [0.717, 1.165) is 21.3 Å². The molecule has 3 rings (SSSR count). The quantitative estimate of drug-likeness (QED) is 0.704.